The first kappa shape index (κ1) is 10.4. The minimum Gasteiger partial charge on any atom is -0.253 e. The van der Waals surface area contributed by atoms with Gasteiger partial charge in [0.25, 0.3) is 0 Å². The van der Waals surface area contributed by atoms with Gasteiger partial charge in [-0.25, -0.2) is 4.85 Å². The summed E-state index contributed by atoms with van der Waals surface area (Å²) < 4.78 is 0.881. The highest BCUT2D eigenvalue weighted by molar-refractivity contribution is 14.1. The van der Waals surface area contributed by atoms with Crippen LogP contribution < -0.4 is 0 Å². The van der Waals surface area contributed by atoms with Crippen molar-refractivity contribution in [3.63, 3.8) is 0 Å². The van der Waals surface area contributed by atoms with E-state index in [1.165, 1.54) is 0 Å². The summed E-state index contributed by atoms with van der Waals surface area (Å²) in [6, 6.07) is 5.29. The lowest BCUT2D eigenvalue weighted by molar-refractivity contribution is 1.30. The van der Waals surface area contributed by atoms with Crippen molar-refractivity contribution >= 4 is 39.2 Å². The standard InChI is InChI=1S/C12H5IN2/c1-7-8(2)15-11-6-9(14-3)4-5-10(11)12(7)13/h1-2,4-6H. The number of hydrogen-bond donors (Lipinski definition) is 0. The van der Waals surface area contributed by atoms with E-state index >= 15 is 0 Å². The summed E-state index contributed by atoms with van der Waals surface area (Å²) in [6.45, 7) is 18.3. The van der Waals surface area contributed by atoms with Gasteiger partial charge in [0.2, 0.25) is 0 Å². The predicted molar refractivity (Wildman–Crippen MR) is 67.5 cm³/mol. The lowest BCUT2D eigenvalue weighted by Gasteiger charge is -2.06. The van der Waals surface area contributed by atoms with Crippen molar-refractivity contribution in [1.29, 1.82) is 0 Å². The third-order valence-corrected chi connectivity index (χ3v) is 3.26. The van der Waals surface area contributed by atoms with Gasteiger partial charge in [-0.15, -0.1) is 0 Å². The van der Waals surface area contributed by atoms with Gasteiger partial charge in [0, 0.05) is 22.8 Å². The van der Waals surface area contributed by atoms with Crippen molar-refractivity contribution in [2.45, 2.75) is 0 Å². The molecule has 0 bridgehead atoms. The second-order valence-electron chi connectivity index (χ2n) is 3.04. The molecule has 0 spiro atoms. The van der Waals surface area contributed by atoms with Crippen molar-refractivity contribution in [2.24, 2.45) is 0 Å². The number of nitrogens with zero attached hydrogens (tertiary/aromatic N) is 2. The molecule has 2 rings (SSSR count). The minimum atomic E-state index is 0.314. The SMILES string of the molecule is [C-]#[N+]c1ccc2c(I)c([CH])c([CH])nc2c1. The summed E-state index contributed by atoms with van der Waals surface area (Å²) in [5, 5.41) is 0.926. The lowest BCUT2D eigenvalue weighted by atomic mass is 10.1. The molecule has 2 aromatic rings. The second kappa shape index (κ2) is 3.78. The van der Waals surface area contributed by atoms with Gasteiger partial charge in [-0.05, 0) is 34.2 Å². The molecule has 1 aromatic carbocycles. The van der Waals surface area contributed by atoms with Crippen LogP contribution in [0.2, 0.25) is 0 Å². The summed E-state index contributed by atoms with van der Waals surface area (Å²) in [5.41, 5.74) is 2.07. The van der Waals surface area contributed by atoms with Crippen molar-refractivity contribution in [3.05, 3.63) is 58.3 Å². The third kappa shape index (κ3) is 1.70. The minimum absolute atomic E-state index is 0.314. The normalized spacial score (nSPS) is 10.3. The molecule has 0 unspecified atom stereocenters. The number of rotatable bonds is 0. The quantitative estimate of drug-likeness (QED) is 0.538. The van der Waals surface area contributed by atoms with Crippen molar-refractivity contribution in [3.8, 4) is 0 Å². The highest BCUT2D eigenvalue weighted by Gasteiger charge is 2.07. The molecule has 0 aliphatic carbocycles. The largest absolute Gasteiger partial charge is 0.253 e. The molecular weight excluding hydrogens is 299 g/mol. The molecule has 0 aliphatic rings. The molecule has 1 aromatic heterocycles. The molecule has 0 aliphatic heterocycles. The molecule has 0 saturated heterocycles. The first-order chi connectivity index (χ1) is 7.13. The maximum absolute atomic E-state index is 6.91. The number of halogens is 1. The fourth-order valence-electron chi connectivity index (χ4n) is 1.32. The van der Waals surface area contributed by atoms with Crippen LogP contribution >= 0.6 is 22.6 Å². The Morgan fingerprint density at radius 1 is 1.33 bits per heavy atom. The molecule has 70 valence electrons. The van der Waals surface area contributed by atoms with Crippen LogP contribution in [-0.4, -0.2) is 4.98 Å². The Morgan fingerprint density at radius 3 is 2.73 bits per heavy atom. The number of hydrogen-bond acceptors (Lipinski definition) is 1. The van der Waals surface area contributed by atoms with Gasteiger partial charge in [0.15, 0.2) is 5.69 Å². The van der Waals surface area contributed by atoms with Gasteiger partial charge in [-0.2, -0.15) is 0 Å². The van der Waals surface area contributed by atoms with E-state index in [0.29, 0.717) is 22.5 Å². The van der Waals surface area contributed by atoms with Crippen LogP contribution in [0.4, 0.5) is 5.69 Å². The van der Waals surface area contributed by atoms with Gasteiger partial charge in [-0.3, -0.25) is 4.98 Å². The number of pyridine rings is 1. The second-order valence-corrected chi connectivity index (χ2v) is 4.12. The molecule has 4 radical (unpaired) electrons. The van der Waals surface area contributed by atoms with Crippen LogP contribution in [0.1, 0.15) is 11.3 Å². The topological polar surface area (TPSA) is 17.2 Å². The van der Waals surface area contributed by atoms with Gasteiger partial charge < -0.3 is 0 Å². The number of fused-ring (bicyclic) bond motifs is 1. The molecule has 0 fully saturated rings. The number of benzene rings is 1. The van der Waals surface area contributed by atoms with E-state index in [1.54, 1.807) is 12.1 Å². The molecule has 0 N–H and O–H groups in total. The Kier molecular flexibility index (Phi) is 2.61. The van der Waals surface area contributed by atoms with Gasteiger partial charge >= 0.3 is 0 Å². The van der Waals surface area contributed by atoms with E-state index in [0.717, 1.165) is 8.96 Å². The van der Waals surface area contributed by atoms with E-state index in [9.17, 15) is 0 Å². The van der Waals surface area contributed by atoms with Crippen molar-refractivity contribution < 1.29 is 0 Å². The Balaban J connectivity index is 2.87. The van der Waals surface area contributed by atoms with E-state index in [2.05, 4.69) is 32.4 Å². The Labute approximate surface area is 102 Å². The summed E-state index contributed by atoms with van der Waals surface area (Å²) >= 11 is 2.13. The van der Waals surface area contributed by atoms with Gasteiger partial charge in [0.1, 0.15) is 0 Å². The average Bonchev–Trinajstić information content (AvgIpc) is 2.25. The Hall–Kier alpha value is -1.15. The molecule has 2 nitrogen and oxygen atoms in total. The van der Waals surface area contributed by atoms with E-state index < -0.39 is 0 Å². The fraction of sp³-hybridized carbons (Fsp3) is 0. The van der Waals surface area contributed by atoms with Crippen LogP contribution in [0.3, 0.4) is 0 Å². The van der Waals surface area contributed by atoms with Crippen LogP contribution in [0.15, 0.2) is 18.2 Å². The Bertz CT molecular complexity index is 582. The first-order valence-electron chi connectivity index (χ1n) is 4.15. The summed E-state index contributed by atoms with van der Waals surface area (Å²) in [6.07, 6.45) is 0. The van der Waals surface area contributed by atoms with E-state index in [1.807, 2.05) is 6.07 Å². The third-order valence-electron chi connectivity index (χ3n) is 2.10. The zero-order chi connectivity index (χ0) is 11.0. The molecule has 0 atom stereocenters. The van der Waals surface area contributed by atoms with Gasteiger partial charge in [0.05, 0.1) is 17.8 Å². The smallest absolute Gasteiger partial charge is 0.189 e. The monoisotopic (exact) mass is 304 g/mol. The molecule has 0 amide bonds. The molecule has 1 heterocycles. The van der Waals surface area contributed by atoms with Gasteiger partial charge in [-0.1, -0.05) is 12.1 Å². The number of aromatic nitrogens is 1. The van der Waals surface area contributed by atoms with E-state index in [4.69, 9.17) is 20.4 Å². The van der Waals surface area contributed by atoms with Crippen molar-refractivity contribution in [1.82, 2.24) is 4.98 Å². The molecular formula is C12H5IN2. The maximum Gasteiger partial charge on any atom is 0.189 e. The zero-order valence-electron chi connectivity index (χ0n) is 7.66. The molecule has 15 heavy (non-hydrogen) atoms. The first-order valence-corrected chi connectivity index (χ1v) is 5.23. The Morgan fingerprint density at radius 2 is 2.07 bits per heavy atom. The molecule has 0 saturated carbocycles. The molecule has 3 heteroatoms. The van der Waals surface area contributed by atoms with E-state index in [-0.39, 0.29) is 0 Å². The van der Waals surface area contributed by atoms with Crippen LogP contribution in [-0.2, 0) is 0 Å². The van der Waals surface area contributed by atoms with Crippen LogP contribution in [0, 0.1) is 24.0 Å². The summed E-state index contributed by atoms with van der Waals surface area (Å²) in [5.74, 6) is 0. The highest BCUT2D eigenvalue weighted by Crippen LogP contribution is 2.27. The summed E-state index contributed by atoms with van der Waals surface area (Å²) in [4.78, 5) is 7.49. The van der Waals surface area contributed by atoms with Crippen molar-refractivity contribution in [2.75, 3.05) is 0 Å². The average molecular weight is 304 g/mol. The highest BCUT2D eigenvalue weighted by atomic mass is 127. The lowest BCUT2D eigenvalue weighted by Crippen LogP contribution is -1.92. The zero-order valence-corrected chi connectivity index (χ0v) is 9.82. The maximum atomic E-state index is 6.91. The summed E-state index contributed by atoms with van der Waals surface area (Å²) in [7, 11) is 0. The predicted octanol–water partition coefficient (Wildman–Crippen LogP) is 3.51. The fourth-order valence-corrected chi connectivity index (χ4v) is 2.05. The van der Waals surface area contributed by atoms with Crippen LogP contribution in [0.25, 0.3) is 15.7 Å². The van der Waals surface area contributed by atoms with Crippen LogP contribution in [0.5, 0.6) is 0 Å².